The fourth-order valence-corrected chi connectivity index (χ4v) is 6.70. The number of ether oxygens (including phenoxy) is 1. The average molecular weight is 505 g/mol. The molecule has 3 unspecified atom stereocenters. The maximum Gasteiger partial charge on any atom is 0.310 e. The summed E-state index contributed by atoms with van der Waals surface area (Å²) < 4.78 is 6.52. The van der Waals surface area contributed by atoms with Crippen LogP contribution in [0.1, 0.15) is 39.5 Å². The molecule has 35 heavy (non-hydrogen) atoms. The Morgan fingerprint density at radius 1 is 1.31 bits per heavy atom. The van der Waals surface area contributed by atoms with Crippen molar-refractivity contribution >= 4 is 35.1 Å². The number of benzene rings is 1. The Hall–Kier alpha value is -2.42. The molecule has 0 radical (unpaired) electrons. The second-order valence-electron chi connectivity index (χ2n) is 10.0. The maximum absolute atomic E-state index is 14.3. The van der Waals surface area contributed by atoms with Crippen molar-refractivity contribution in [2.75, 3.05) is 24.6 Å². The highest BCUT2D eigenvalue weighted by Crippen LogP contribution is 2.65. The number of rotatable bonds is 10. The van der Waals surface area contributed by atoms with Crippen LogP contribution in [0.3, 0.4) is 0 Å². The lowest BCUT2D eigenvalue weighted by atomic mass is 9.62. The first-order valence-electron chi connectivity index (χ1n) is 12.1. The molecule has 4 rings (SSSR count). The third-order valence-electron chi connectivity index (χ3n) is 8.09. The topological polar surface area (TPSA) is 107 Å². The van der Waals surface area contributed by atoms with Gasteiger partial charge < -0.3 is 24.7 Å². The average Bonchev–Trinajstić information content (AvgIpc) is 3.32. The van der Waals surface area contributed by atoms with Gasteiger partial charge in [-0.05, 0) is 50.7 Å². The number of para-hydroxylation sites is 1. The number of halogens is 1. The van der Waals surface area contributed by atoms with Gasteiger partial charge in [0.2, 0.25) is 5.91 Å². The Morgan fingerprint density at radius 2 is 2.03 bits per heavy atom. The molecule has 1 aromatic rings. The third-order valence-corrected chi connectivity index (χ3v) is 8.41. The number of carboxylic acids is 1. The highest BCUT2D eigenvalue weighted by Gasteiger charge is 2.80. The second kappa shape index (κ2) is 9.56. The molecule has 3 saturated heterocycles. The highest BCUT2D eigenvalue weighted by atomic mass is 35.5. The van der Waals surface area contributed by atoms with E-state index in [1.54, 1.807) is 37.3 Å². The standard InChI is InChI=1S/C26H33ClN2O6/c1-4-12-28(18-11-7-6-10-17(18)27)23(32)21-26-15-16(2)25(3,35-26)20(24(33)34)19(26)22(31)29(21)13-8-5-9-14-30/h4,6-7,10-11,16,19-21,30H,1,5,8-9,12-15H2,2-3H3,(H,33,34)/t16?,19-,20-,21?,25+,26?/m0/s1. The van der Waals surface area contributed by atoms with E-state index in [-0.39, 0.29) is 37.4 Å². The lowest BCUT2D eigenvalue weighted by Gasteiger charge is -2.37. The minimum absolute atomic E-state index is 0.0442. The van der Waals surface area contributed by atoms with Crippen molar-refractivity contribution in [2.24, 2.45) is 17.8 Å². The normalized spacial score (nSPS) is 33.1. The SMILES string of the molecule is C=CCN(C(=O)C1N(CCCCCO)C(=O)[C@@H]2[C@@H](C(=O)O)[C@]3(C)OC12CC3C)c1ccccc1Cl. The van der Waals surface area contributed by atoms with Gasteiger partial charge in [0.15, 0.2) is 0 Å². The van der Waals surface area contributed by atoms with Crippen molar-refractivity contribution in [2.45, 2.75) is 56.8 Å². The number of nitrogens with zero attached hydrogens (tertiary/aromatic N) is 2. The quantitative estimate of drug-likeness (QED) is 0.374. The largest absolute Gasteiger partial charge is 0.481 e. The summed E-state index contributed by atoms with van der Waals surface area (Å²) in [6.07, 6.45) is 3.85. The van der Waals surface area contributed by atoms with E-state index in [4.69, 9.17) is 21.4 Å². The van der Waals surface area contributed by atoms with Gasteiger partial charge in [0.05, 0.1) is 22.2 Å². The van der Waals surface area contributed by atoms with Gasteiger partial charge in [0.25, 0.3) is 5.91 Å². The van der Waals surface area contributed by atoms with Crippen LogP contribution in [0, 0.1) is 17.8 Å². The molecule has 2 amide bonds. The second-order valence-corrected chi connectivity index (χ2v) is 10.5. The van der Waals surface area contributed by atoms with E-state index >= 15 is 0 Å². The Balaban J connectivity index is 1.80. The number of carbonyl (C=O) groups is 3. The van der Waals surface area contributed by atoms with E-state index in [1.807, 2.05) is 6.92 Å². The number of hydrogen-bond donors (Lipinski definition) is 2. The fourth-order valence-electron chi connectivity index (χ4n) is 6.46. The Bertz CT molecular complexity index is 1030. The number of likely N-dealkylation sites (tertiary alicyclic amines) is 1. The summed E-state index contributed by atoms with van der Waals surface area (Å²) >= 11 is 6.45. The lowest BCUT2D eigenvalue weighted by molar-refractivity contribution is -0.156. The molecule has 0 aromatic heterocycles. The molecule has 3 heterocycles. The predicted molar refractivity (Wildman–Crippen MR) is 131 cm³/mol. The van der Waals surface area contributed by atoms with Crippen LogP contribution in [0.15, 0.2) is 36.9 Å². The molecule has 1 aromatic carbocycles. The third kappa shape index (κ3) is 3.86. The summed E-state index contributed by atoms with van der Waals surface area (Å²) in [7, 11) is 0. The zero-order valence-electron chi connectivity index (χ0n) is 20.2. The molecule has 8 nitrogen and oxygen atoms in total. The van der Waals surface area contributed by atoms with E-state index in [9.17, 15) is 19.5 Å². The molecule has 9 heteroatoms. The Kier molecular flexibility index (Phi) is 7.01. The van der Waals surface area contributed by atoms with Gasteiger partial charge in [0.1, 0.15) is 17.6 Å². The predicted octanol–water partition coefficient (Wildman–Crippen LogP) is 3.12. The van der Waals surface area contributed by atoms with Crippen molar-refractivity contribution in [1.29, 1.82) is 0 Å². The molecule has 3 aliphatic rings. The number of aliphatic hydroxyl groups excluding tert-OH is 1. The number of hydrogen-bond acceptors (Lipinski definition) is 5. The first-order valence-corrected chi connectivity index (χ1v) is 12.5. The van der Waals surface area contributed by atoms with Crippen LogP contribution in [0.5, 0.6) is 0 Å². The molecule has 0 saturated carbocycles. The molecule has 190 valence electrons. The number of amides is 2. The molecular formula is C26H33ClN2O6. The van der Waals surface area contributed by atoms with Crippen molar-refractivity contribution in [3.8, 4) is 0 Å². The molecule has 3 fully saturated rings. The first kappa shape index (κ1) is 25.7. The van der Waals surface area contributed by atoms with Crippen LogP contribution < -0.4 is 4.90 Å². The van der Waals surface area contributed by atoms with E-state index in [1.165, 1.54) is 9.80 Å². The summed E-state index contributed by atoms with van der Waals surface area (Å²) in [4.78, 5) is 43.5. The zero-order chi connectivity index (χ0) is 25.5. The van der Waals surface area contributed by atoms with E-state index < -0.39 is 35.0 Å². The van der Waals surface area contributed by atoms with Gasteiger partial charge in [-0.1, -0.05) is 36.7 Å². The molecule has 6 atom stereocenters. The van der Waals surface area contributed by atoms with E-state index in [0.29, 0.717) is 36.4 Å². The molecule has 1 spiro atoms. The van der Waals surface area contributed by atoms with Gasteiger partial charge in [0, 0.05) is 19.7 Å². The number of aliphatic hydroxyl groups is 1. The van der Waals surface area contributed by atoms with Crippen LogP contribution in [0.2, 0.25) is 5.02 Å². The fraction of sp³-hybridized carbons (Fsp3) is 0.577. The summed E-state index contributed by atoms with van der Waals surface area (Å²) in [5, 5.41) is 19.7. The van der Waals surface area contributed by atoms with Gasteiger partial charge in [-0.25, -0.2) is 0 Å². The summed E-state index contributed by atoms with van der Waals surface area (Å²) in [5.74, 6) is -3.92. The lowest BCUT2D eigenvalue weighted by Crippen LogP contribution is -2.57. The van der Waals surface area contributed by atoms with Crippen molar-refractivity contribution in [1.82, 2.24) is 4.90 Å². The van der Waals surface area contributed by atoms with Gasteiger partial charge in [-0.3, -0.25) is 14.4 Å². The van der Waals surface area contributed by atoms with Crippen molar-refractivity contribution in [3.63, 3.8) is 0 Å². The van der Waals surface area contributed by atoms with Crippen LogP contribution in [-0.2, 0) is 19.1 Å². The Labute approximate surface area is 210 Å². The highest BCUT2D eigenvalue weighted by molar-refractivity contribution is 6.34. The summed E-state index contributed by atoms with van der Waals surface area (Å²) in [5.41, 5.74) is -1.78. The van der Waals surface area contributed by atoms with Crippen LogP contribution >= 0.6 is 11.6 Å². The first-order chi connectivity index (χ1) is 16.6. The van der Waals surface area contributed by atoms with Crippen molar-refractivity contribution in [3.05, 3.63) is 41.9 Å². The van der Waals surface area contributed by atoms with E-state index in [0.717, 1.165) is 0 Å². The minimum Gasteiger partial charge on any atom is -0.481 e. The molecule has 2 N–H and O–H groups in total. The van der Waals surface area contributed by atoms with Crippen LogP contribution in [0.4, 0.5) is 5.69 Å². The van der Waals surface area contributed by atoms with Crippen molar-refractivity contribution < 1.29 is 29.3 Å². The van der Waals surface area contributed by atoms with Gasteiger partial charge in [-0.15, -0.1) is 6.58 Å². The number of anilines is 1. The molecular weight excluding hydrogens is 472 g/mol. The summed E-state index contributed by atoms with van der Waals surface area (Å²) in [6, 6.07) is 5.98. The molecule has 3 aliphatic heterocycles. The smallest absolute Gasteiger partial charge is 0.310 e. The van der Waals surface area contributed by atoms with Gasteiger partial charge in [-0.2, -0.15) is 0 Å². The van der Waals surface area contributed by atoms with Gasteiger partial charge >= 0.3 is 5.97 Å². The number of aliphatic carboxylic acids is 1. The number of carboxylic acid groups (broad SMARTS) is 1. The number of unbranched alkanes of at least 4 members (excludes halogenated alkanes) is 2. The summed E-state index contributed by atoms with van der Waals surface area (Å²) in [6.45, 7) is 7.95. The Morgan fingerprint density at radius 3 is 2.66 bits per heavy atom. The maximum atomic E-state index is 14.3. The monoisotopic (exact) mass is 504 g/mol. The van der Waals surface area contributed by atoms with Crippen LogP contribution in [-0.4, -0.2) is 69.8 Å². The van der Waals surface area contributed by atoms with E-state index in [2.05, 4.69) is 6.58 Å². The minimum atomic E-state index is -1.23. The number of carbonyl (C=O) groups excluding carboxylic acids is 2. The van der Waals surface area contributed by atoms with Crippen LogP contribution in [0.25, 0.3) is 0 Å². The molecule has 2 bridgehead atoms. The zero-order valence-corrected chi connectivity index (χ0v) is 20.9. The molecule has 0 aliphatic carbocycles. The number of fused-ring (bicyclic) bond motifs is 1.